The van der Waals surface area contributed by atoms with E-state index in [1.54, 1.807) is 0 Å². The Morgan fingerprint density at radius 3 is 1.84 bits per heavy atom. The van der Waals surface area contributed by atoms with Gasteiger partial charge in [0, 0.05) is 33.7 Å². The summed E-state index contributed by atoms with van der Waals surface area (Å²) in [5.41, 5.74) is 9.98. The second kappa shape index (κ2) is 11.6. The van der Waals surface area contributed by atoms with Crippen LogP contribution in [0.15, 0.2) is 168 Å². The molecule has 0 unspecified atom stereocenters. The molecule has 1 aromatic heterocycles. The number of hydrogen-bond donors (Lipinski definition) is 0. The fraction of sp³-hybridized carbons (Fsp3) is 0.0417. The van der Waals surface area contributed by atoms with Gasteiger partial charge < -0.3 is 9.32 Å². The Balaban J connectivity index is 1.11. The van der Waals surface area contributed by atoms with E-state index in [4.69, 9.17) is 4.42 Å². The van der Waals surface area contributed by atoms with Crippen LogP contribution in [-0.4, -0.2) is 0 Å². The van der Waals surface area contributed by atoms with E-state index in [0.717, 1.165) is 40.9 Å². The summed E-state index contributed by atoms with van der Waals surface area (Å²) in [4.78, 5) is 2.33. The quantitative estimate of drug-likeness (QED) is 0.174. The first-order valence-electron chi connectivity index (χ1n) is 17.4. The molecule has 2 heteroatoms. The van der Waals surface area contributed by atoms with Crippen molar-refractivity contribution in [3.8, 4) is 22.3 Å². The Labute approximate surface area is 290 Å². The molecular weight excluding hydrogens is 607 g/mol. The molecule has 0 radical (unpaired) electrons. The maximum absolute atomic E-state index is 6.40. The number of furan rings is 1. The van der Waals surface area contributed by atoms with Crippen LogP contribution < -0.4 is 15.5 Å². The van der Waals surface area contributed by atoms with Gasteiger partial charge in [0.1, 0.15) is 11.0 Å². The molecule has 0 saturated heterocycles. The van der Waals surface area contributed by atoms with Crippen LogP contribution in [0.1, 0.15) is 12.8 Å². The summed E-state index contributed by atoms with van der Waals surface area (Å²) in [5, 5.41) is 10.1. The molecule has 1 heterocycles. The van der Waals surface area contributed by atoms with Crippen LogP contribution in [0.4, 0.5) is 17.1 Å². The lowest BCUT2D eigenvalue weighted by atomic mass is 9.91. The second-order valence-electron chi connectivity index (χ2n) is 13.2. The minimum Gasteiger partial charge on any atom is -0.456 e. The van der Waals surface area contributed by atoms with Crippen molar-refractivity contribution in [2.24, 2.45) is 0 Å². The zero-order valence-electron chi connectivity index (χ0n) is 27.5. The van der Waals surface area contributed by atoms with Gasteiger partial charge in [-0.1, -0.05) is 121 Å². The van der Waals surface area contributed by atoms with E-state index in [-0.39, 0.29) is 0 Å². The molecule has 50 heavy (non-hydrogen) atoms. The molecule has 236 valence electrons. The molecule has 0 bridgehead atoms. The average Bonchev–Trinajstić information content (AvgIpc) is 3.56. The van der Waals surface area contributed by atoms with Crippen LogP contribution >= 0.6 is 0 Å². The lowest BCUT2D eigenvalue weighted by molar-refractivity contribution is 0.572. The highest BCUT2D eigenvalue weighted by atomic mass is 16.3. The number of benzene rings is 8. The Kier molecular flexibility index (Phi) is 6.67. The Morgan fingerprint density at radius 2 is 1.04 bits per heavy atom. The van der Waals surface area contributed by atoms with Crippen molar-refractivity contribution >= 4 is 72.5 Å². The monoisotopic (exact) mass is 639 g/mol. The summed E-state index contributed by atoms with van der Waals surface area (Å²) >= 11 is 0. The van der Waals surface area contributed by atoms with Crippen LogP contribution in [0.3, 0.4) is 0 Å². The number of anilines is 3. The zero-order valence-corrected chi connectivity index (χ0v) is 27.5. The fourth-order valence-electron chi connectivity index (χ4n) is 7.86. The van der Waals surface area contributed by atoms with Gasteiger partial charge in [-0.3, -0.25) is 0 Å². The highest BCUT2D eigenvalue weighted by Gasteiger charge is 2.17. The third-order valence-corrected chi connectivity index (χ3v) is 10.3. The van der Waals surface area contributed by atoms with E-state index >= 15 is 0 Å². The van der Waals surface area contributed by atoms with Crippen molar-refractivity contribution in [2.45, 2.75) is 12.8 Å². The average molecular weight is 640 g/mol. The molecule has 0 atom stereocenters. The second-order valence-corrected chi connectivity index (χ2v) is 13.2. The summed E-state index contributed by atoms with van der Waals surface area (Å²) in [7, 11) is 0. The van der Waals surface area contributed by atoms with Gasteiger partial charge in [-0.15, -0.1) is 0 Å². The molecule has 1 aliphatic rings. The van der Waals surface area contributed by atoms with Crippen molar-refractivity contribution < 1.29 is 4.42 Å². The maximum Gasteiger partial charge on any atom is 0.137 e. The van der Waals surface area contributed by atoms with Gasteiger partial charge in [-0.2, -0.15) is 0 Å². The Hall–Kier alpha value is -6.38. The minimum absolute atomic E-state index is 0.916. The molecule has 0 aliphatic heterocycles. The maximum atomic E-state index is 6.40. The number of nitrogens with zero attached hydrogens (tertiary/aromatic N) is 1. The van der Waals surface area contributed by atoms with Crippen molar-refractivity contribution in [1.29, 1.82) is 0 Å². The lowest BCUT2D eigenvalue weighted by Gasteiger charge is -2.26. The van der Waals surface area contributed by atoms with Gasteiger partial charge in [0.15, 0.2) is 0 Å². The standard InChI is InChI=1S/C48H33NO/c1-2-10-32(11-3-1)33-20-24-37(25-21-33)49(39-28-29-43-42-15-8-9-17-46(42)50-47(43)31-39)38-26-22-35(23-27-38)45-30-36-19-18-34-12-4-5-13-40(34)48(36)44-16-7-6-14-41(44)45/h1-7,10-31H,8-9H2. The molecule has 8 aromatic carbocycles. The molecule has 0 fully saturated rings. The summed E-state index contributed by atoms with van der Waals surface area (Å²) < 4.78 is 6.40. The third-order valence-electron chi connectivity index (χ3n) is 10.3. The van der Waals surface area contributed by atoms with Gasteiger partial charge in [0.25, 0.3) is 0 Å². The molecule has 2 nitrogen and oxygen atoms in total. The first-order valence-corrected chi connectivity index (χ1v) is 17.4. The zero-order chi connectivity index (χ0) is 33.0. The van der Waals surface area contributed by atoms with Gasteiger partial charge in [-0.25, -0.2) is 0 Å². The van der Waals surface area contributed by atoms with E-state index in [9.17, 15) is 0 Å². The first-order chi connectivity index (χ1) is 24.8. The smallest absolute Gasteiger partial charge is 0.137 e. The normalized spacial score (nSPS) is 12.6. The van der Waals surface area contributed by atoms with Crippen molar-refractivity contribution in [3.63, 3.8) is 0 Å². The van der Waals surface area contributed by atoms with Crippen molar-refractivity contribution in [3.05, 3.63) is 174 Å². The first kappa shape index (κ1) is 28.6. The van der Waals surface area contributed by atoms with Crippen LogP contribution in [0.5, 0.6) is 0 Å². The predicted octanol–water partition coefficient (Wildman–Crippen LogP) is 12.1. The van der Waals surface area contributed by atoms with Gasteiger partial charge in [-0.05, 0) is 116 Å². The van der Waals surface area contributed by atoms with Gasteiger partial charge >= 0.3 is 0 Å². The highest BCUT2D eigenvalue weighted by molar-refractivity contribution is 6.23. The molecule has 0 spiro atoms. The number of hydrogen-bond acceptors (Lipinski definition) is 2. The topological polar surface area (TPSA) is 16.4 Å². The Morgan fingerprint density at radius 1 is 0.420 bits per heavy atom. The summed E-state index contributed by atoms with van der Waals surface area (Å²) in [6, 6.07) is 59.5. The Bertz CT molecular complexity index is 2850. The summed E-state index contributed by atoms with van der Waals surface area (Å²) in [6.45, 7) is 0. The minimum atomic E-state index is 0.916. The van der Waals surface area contributed by atoms with Gasteiger partial charge in [0.2, 0.25) is 0 Å². The number of rotatable bonds is 5. The molecule has 0 amide bonds. The largest absolute Gasteiger partial charge is 0.456 e. The molecule has 1 aliphatic carbocycles. The van der Waals surface area contributed by atoms with E-state index in [1.807, 2.05) is 0 Å². The molecule has 0 saturated carbocycles. The van der Waals surface area contributed by atoms with Crippen LogP contribution in [0.2, 0.25) is 0 Å². The third kappa shape index (κ3) is 4.72. The summed E-state index contributed by atoms with van der Waals surface area (Å²) in [5.74, 6) is 0. The van der Waals surface area contributed by atoms with E-state index in [0.29, 0.717) is 0 Å². The van der Waals surface area contributed by atoms with Gasteiger partial charge in [0.05, 0.1) is 0 Å². The van der Waals surface area contributed by atoms with Crippen molar-refractivity contribution in [1.82, 2.24) is 0 Å². The van der Waals surface area contributed by atoms with Crippen molar-refractivity contribution in [2.75, 3.05) is 4.90 Å². The van der Waals surface area contributed by atoms with E-state index < -0.39 is 0 Å². The van der Waals surface area contributed by atoms with E-state index in [2.05, 4.69) is 181 Å². The molecule has 10 rings (SSSR count). The predicted molar refractivity (Wildman–Crippen MR) is 212 cm³/mol. The van der Waals surface area contributed by atoms with Crippen LogP contribution in [0.25, 0.3) is 77.7 Å². The molecule has 9 aromatic rings. The molecule has 0 N–H and O–H groups in total. The number of fused-ring (bicyclic) bond motifs is 8. The fourth-order valence-corrected chi connectivity index (χ4v) is 7.86. The summed E-state index contributed by atoms with van der Waals surface area (Å²) in [6.07, 6.45) is 6.60. The van der Waals surface area contributed by atoms with E-state index in [1.165, 1.54) is 65.2 Å². The lowest BCUT2D eigenvalue weighted by Crippen LogP contribution is -2.21. The molecular formula is C48H33NO. The van der Waals surface area contributed by atoms with Crippen LogP contribution in [0, 0.1) is 0 Å². The highest BCUT2D eigenvalue weighted by Crippen LogP contribution is 2.41. The SMILES string of the molecule is C1=c2oc3cc(N(c4ccc(-c5ccccc5)cc4)c4ccc(-c5cc6ccc7ccccc7c6c6ccccc56)cc4)ccc3c2=CCC1. The van der Waals surface area contributed by atoms with Crippen LogP contribution in [-0.2, 0) is 0 Å².